The van der Waals surface area contributed by atoms with Crippen LogP contribution in [0.2, 0.25) is 0 Å². The number of hydrogen-bond acceptors (Lipinski definition) is 5. The second-order valence-corrected chi connectivity index (χ2v) is 4.18. The smallest absolute Gasteiger partial charge is 0.337 e. The number of carboxylic acid groups (broad SMARTS) is 1. The number of aromatic carboxylic acids is 1. The number of carbonyl (C=O) groups is 1. The van der Waals surface area contributed by atoms with Crippen LogP contribution in [0.4, 0.5) is 0 Å². The fourth-order valence-corrected chi connectivity index (χ4v) is 2.09. The molecule has 3 rings (SSSR count). The van der Waals surface area contributed by atoms with Gasteiger partial charge in [-0.05, 0) is 12.1 Å². The number of aromatic nitrogens is 4. The Hall–Kier alpha value is -2.90. The molecule has 0 aliphatic carbocycles. The molecule has 2 N–H and O–H groups in total. The molecule has 0 saturated heterocycles. The lowest BCUT2D eigenvalue weighted by atomic mass is 10.2. The Morgan fingerprint density at radius 2 is 2.30 bits per heavy atom. The third-order valence-corrected chi connectivity index (χ3v) is 3.01. The summed E-state index contributed by atoms with van der Waals surface area (Å²) >= 11 is 0. The molecule has 0 aliphatic rings. The molecule has 8 heteroatoms. The van der Waals surface area contributed by atoms with E-state index in [0.717, 1.165) is 0 Å². The van der Waals surface area contributed by atoms with E-state index in [0.29, 0.717) is 29.8 Å². The van der Waals surface area contributed by atoms with Crippen LogP contribution in [-0.4, -0.2) is 30.8 Å². The highest BCUT2D eigenvalue weighted by Gasteiger charge is 2.14. The maximum Gasteiger partial charge on any atom is 0.337 e. The monoisotopic (exact) mass is 274 g/mol. The first kappa shape index (κ1) is 12.2. The summed E-state index contributed by atoms with van der Waals surface area (Å²) in [5, 5.41) is 12.8. The average molecular weight is 274 g/mol. The van der Waals surface area contributed by atoms with Crippen LogP contribution in [0.25, 0.3) is 11.0 Å². The normalized spacial score (nSPS) is 11.0. The predicted molar refractivity (Wildman–Crippen MR) is 67.5 cm³/mol. The maximum atomic E-state index is 11.9. The molecule has 0 radical (unpaired) electrons. The Bertz CT molecular complexity index is 816. The van der Waals surface area contributed by atoms with Crippen LogP contribution in [0.3, 0.4) is 0 Å². The number of fused-ring (bicyclic) bond motifs is 1. The van der Waals surface area contributed by atoms with Gasteiger partial charge < -0.3 is 14.6 Å². The second kappa shape index (κ2) is 4.65. The van der Waals surface area contributed by atoms with Gasteiger partial charge >= 0.3 is 11.7 Å². The molecule has 20 heavy (non-hydrogen) atoms. The van der Waals surface area contributed by atoms with E-state index in [9.17, 15) is 9.59 Å². The summed E-state index contributed by atoms with van der Waals surface area (Å²) in [5.41, 5.74) is 0.562. The van der Waals surface area contributed by atoms with Gasteiger partial charge in [0.1, 0.15) is 0 Å². The molecule has 0 unspecified atom stereocenters. The molecule has 0 amide bonds. The van der Waals surface area contributed by atoms with E-state index in [4.69, 9.17) is 5.11 Å². The van der Waals surface area contributed by atoms with Gasteiger partial charge in [0.25, 0.3) is 0 Å². The number of rotatable bonds is 4. The lowest BCUT2D eigenvalue weighted by molar-refractivity contribution is 0.0699. The van der Waals surface area contributed by atoms with E-state index in [1.165, 1.54) is 17.0 Å². The summed E-state index contributed by atoms with van der Waals surface area (Å²) in [6.07, 6.45) is 1.64. The van der Waals surface area contributed by atoms with Crippen molar-refractivity contribution in [1.29, 1.82) is 0 Å². The zero-order valence-corrected chi connectivity index (χ0v) is 10.2. The van der Waals surface area contributed by atoms with E-state index in [1.807, 2.05) is 0 Å². The van der Waals surface area contributed by atoms with Crippen molar-refractivity contribution in [2.75, 3.05) is 0 Å². The quantitative estimate of drug-likeness (QED) is 0.722. The highest BCUT2D eigenvalue weighted by Crippen LogP contribution is 2.15. The highest BCUT2D eigenvalue weighted by molar-refractivity contribution is 6.00. The molecule has 1 aromatic carbocycles. The molecule has 0 atom stereocenters. The van der Waals surface area contributed by atoms with Crippen LogP contribution in [0, 0.1) is 0 Å². The number of H-pyrrole nitrogens is 1. The summed E-state index contributed by atoms with van der Waals surface area (Å²) in [7, 11) is 0. The van der Waals surface area contributed by atoms with Crippen LogP contribution < -0.4 is 5.69 Å². The summed E-state index contributed by atoms with van der Waals surface area (Å²) in [6, 6.07) is 4.74. The SMILES string of the molecule is O=C(O)c1cccc2c1[nH]c(=O)n2CCc1ncon1. The van der Waals surface area contributed by atoms with Crippen molar-refractivity contribution < 1.29 is 14.4 Å². The molecule has 2 aromatic heterocycles. The number of para-hydroxylation sites is 1. The van der Waals surface area contributed by atoms with Gasteiger partial charge in [-0.3, -0.25) is 4.57 Å². The molecule has 0 spiro atoms. The summed E-state index contributed by atoms with van der Waals surface area (Å²) in [6.45, 7) is 0.335. The molecular weight excluding hydrogens is 264 g/mol. The van der Waals surface area contributed by atoms with Gasteiger partial charge in [-0.1, -0.05) is 11.2 Å². The zero-order chi connectivity index (χ0) is 14.1. The summed E-state index contributed by atoms with van der Waals surface area (Å²) < 4.78 is 6.08. The van der Waals surface area contributed by atoms with Crippen molar-refractivity contribution in [3.05, 3.63) is 46.5 Å². The number of imidazole rings is 1. The Kier molecular flexibility index (Phi) is 2.82. The van der Waals surface area contributed by atoms with Gasteiger partial charge in [-0.2, -0.15) is 4.98 Å². The molecule has 0 fully saturated rings. The van der Waals surface area contributed by atoms with E-state index in [2.05, 4.69) is 19.6 Å². The lowest BCUT2D eigenvalue weighted by Gasteiger charge is -2.01. The van der Waals surface area contributed by atoms with Crippen molar-refractivity contribution in [1.82, 2.24) is 19.7 Å². The highest BCUT2D eigenvalue weighted by atomic mass is 16.5. The van der Waals surface area contributed by atoms with Crippen molar-refractivity contribution in [3.8, 4) is 0 Å². The van der Waals surface area contributed by atoms with Crippen molar-refractivity contribution in [3.63, 3.8) is 0 Å². The first-order chi connectivity index (χ1) is 9.66. The van der Waals surface area contributed by atoms with Gasteiger partial charge in [-0.15, -0.1) is 0 Å². The van der Waals surface area contributed by atoms with Crippen molar-refractivity contribution in [2.24, 2.45) is 0 Å². The number of carboxylic acids is 1. The largest absolute Gasteiger partial charge is 0.478 e. The Balaban J connectivity index is 2.03. The topological polar surface area (TPSA) is 114 Å². The molecule has 102 valence electrons. The summed E-state index contributed by atoms with van der Waals surface area (Å²) in [5.74, 6) is -0.595. The van der Waals surface area contributed by atoms with Gasteiger partial charge in [0.15, 0.2) is 5.82 Å². The fraction of sp³-hybridized carbons (Fsp3) is 0.167. The molecular formula is C12H10N4O4. The summed E-state index contributed by atoms with van der Waals surface area (Å²) in [4.78, 5) is 29.5. The van der Waals surface area contributed by atoms with Crippen LogP contribution in [0.15, 0.2) is 33.9 Å². The fourth-order valence-electron chi connectivity index (χ4n) is 2.09. The maximum absolute atomic E-state index is 11.9. The molecule has 8 nitrogen and oxygen atoms in total. The minimum absolute atomic E-state index is 0.0675. The van der Waals surface area contributed by atoms with Crippen molar-refractivity contribution >= 4 is 17.0 Å². The number of hydrogen-bond donors (Lipinski definition) is 2. The van der Waals surface area contributed by atoms with Crippen LogP contribution in [0.1, 0.15) is 16.2 Å². The number of benzene rings is 1. The van der Waals surface area contributed by atoms with Gasteiger partial charge in [0.2, 0.25) is 6.39 Å². The molecule has 0 aliphatic heterocycles. The second-order valence-electron chi connectivity index (χ2n) is 4.18. The average Bonchev–Trinajstić information content (AvgIpc) is 3.02. The molecule has 3 aromatic rings. The third kappa shape index (κ3) is 1.96. The first-order valence-electron chi connectivity index (χ1n) is 5.87. The third-order valence-electron chi connectivity index (χ3n) is 3.01. The Morgan fingerprint density at radius 3 is 3.00 bits per heavy atom. The first-order valence-corrected chi connectivity index (χ1v) is 5.87. The molecule has 0 saturated carbocycles. The van der Waals surface area contributed by atoms with E-state index in [-0.39, 0.29) is 11.3 Å². The minimum atomic E-state index is -1.08. The lowest BCUT2D eigenvalue weighted by Crippen LogP contribution is -2.18. The number of nitrogens with zero attached hydrogens (tertiary/aromatic N) is 3. The van der Waals surface area contributed by atoms with Crippen molar-refractivity contribution in [2.45, 2.75) is 13.0 Å². The molecule has 0 bridgehead atoms. The van der Waals surface area contributed by atoms with Crippen LogP contribution >= 0.6 is 0 Å². The minimum Gasteiger partial charge on any atom is -0.478 e. The molecule has 2 heterocycles. The van der Waals surface area contributed by atoms with Gasteiger partial charge in [0.05, 0.1) is 16.6 Å². The van der Waals surface area contributed by atoms with Crippen LogP contribution in [-0.2, 0) is 13.0 Å². The number of nitrogens with one attached hydrogen (secondary N) is 1. The number of aryl methyl sites for hydroxylation is 2. The Labute approximate surface area is 111 Å². The predicted octanol–water partition coefficient (Wildman–Crippen LogP) is 0.653. The standard InChI is InChI=1S/C12H10N4O4/c17-11(18)7-2-1-3-8-10(7)14-12(19)16(8)5-4-9-13-6-20-15-9/h1-3,6H,4-5H2,(H,14,19)(H,17,18). The Morgan fingerprint density at radius 1 is 1.45 bits per heavy atom. The van der Waals surface area contributed by atoms with E-state index < -0.39 is 5.97 Å². The van der Waals surface area contributed by atoms with Crippen LogP contribution in [0.5, 0.6) is 0 Å². The van der Waals surface area contributed by atoms with Gasteiger partial charge in [0, 0.05) is 13.0 Å². The number of aromatic amines is 1. The van der Waals surface area contributed by atoms with E-state index in [1.54, 1.807) is 12.1 Å². The van der Waals surface area contributed by atoms with E-state index >= 15 is 0 Å². The van der Waals surface area contributed by atoms with Gasteiger partial charge in [-0.25, -0.2) is 9.59 Å². The zero-order valence-electron chi connectivity index (χ0n) is 10.2.